The SMILES string of the molecule is O=C(NCCCOCC1CCCO1)c1ccc(Cl)o1. The molecular weight excluding hydrogens is 270 g/mol. The van der Waals surface area contributed by atoms with Crippen molar-refractivity contribution in [3.05, 3.63) is 23.1 Å². The Bertz CT molecular complexity index is 401. The normalized spacial score (nSPS) is 18.7. The monoisotopic (exact) mass is 287 g/mol. The Morgan fingerprint density at radius 2 is 2.42 bits per heavy atom. The molecule has 0 spiro atoms. The number of ether oxygens (including phenoxy) is 2. The summed E-state index contributed by atoms with van der Waals surface area (Å²) in [6.45, 7) is 2.64. The van der Waals surface area contributed by atoms with Crippen LogP contribution in [0.3, 0.4) is 0 Å². The number of amides is 1. The van der Waals surface area contributed by atoms with E-state index in [0.29, 0.717) is 19.8 Å². The standard InChI is InChI=1S/C13H18ClNO4/c14-12-5-4-11(19-12)13(16)15-6-2-7-17-9-10-3-1-8-18-10/h4-5,10H,1-3,6-9H2,(H,15,16). The summed E-state index contributed by atoms with van der Waals surface area (Å²) >= 11 is 5.59. The van der Waals surface area contributed by atoms with Crippen LogP contribution in [0.4, 0.5) is 0 Å². The summed E-state index contributed by atoms with van der Waals surface area (Å²) in [6.07, 6.45) is 3.21. The van der Waals surface area contributed by atoms with Crippen LogP contribution in [0, 0.1) is 0 Å². The second-order valence-electron chi connectivity index (χ2n) is 4.42. The topological polar surface area (TPSA) is 60.7 Å². The molecule has 0 radical (unpaired) electrons. The van der Waals surface area contributed by atoms with E-state index in [0.717, 1.165) is 25.9 Å². The smallest absolute Gasteiger partial charge is 0.287 e. The zero-order valence-corrected chi connectivity index (χ0v) is 11.4. The summed E-state index contributed by atoms with van der Waals surface area (Å²) in [5, 5.41) is 2.95. The first-order chi connectivity index (χ1) is 9.25. The van der Waals surface area contributed by atoms with Crippen molar-refractivity contribution in [2.75, 3.05) is 26.4 Å². The van der Waals surface area contributed by atoms with Gasteiger partial charge in [-0.1, -0.05) is 0 Å². The molecule has 0 aromatic carbocycles. The van der Waals surface area contributed by atoms with Crippen LogP contribution in [0.15, 0.2) is 16.5 Å². The molecule has 1 amide bonds. The van der Waals surface area contributed by atoms with Crippen molar-refractivity contribution in [1.29, 1.82) is 0 Å². The van der Waals surface area contributed by atoms with E-state index in [1.165, 1.54) is 0 Å². The second kappa shape index (κ2) is 7.53. The molecule has 1 N–H and O–H groups in total. The first kappa shape index (κ1) is 14.4. The van der Waals surface area contributed by atoms with Gasteiger partial charge in [-0.05, 0) is 43.0 Å². The molecule has 2 heterocycles. The highest BCUT2D eigenvalue weighted by molar-refractivity contribution is 6.29. The third-order valence-corrected chi connectivity index (χ3v) is 3.08. The fourth-order valence-corrected chi connectivity index (χ4v) is 2.04. The van der Waals surface area contributed by atoms with Gasteiger partial charge in [0.2, 0.25) is 0 Å². The number of hydrogen-bond acceptors (Lipinski definition) is 4. The minimum atomic E-state index is -0.258. The molecule has 0 saturated carbocycles. The lowest BCUT2D eigenvalue weighted by molar-refractivity contribution is 0.0166. The molecule has 1 aromatic rings. The first-order valence-corrected chi connectivity index (χ1v) is 6.86. The van der Waals surface area contributed by atoms with Gasteiger partial charge in [-0.2, -0.15) is 0 Å². The van der Waals surface area contributed by atoms with Gasteiger partial charge in [0.1, 0.15) is 0 Å². The molecule has 1 aromatic heterocycles. The number of hydrogen-bond donors (Lipinski definition) is 1. The van der Waals surface area contributed by atoms with E-state index >= 15 is 0 Å². The summed E-state index contributed by atoms with van der Waals surface area (Å²) in [4.78, 5) is 11.6. The molecule has 0 aliphatic carbocycles. The third kappa shape index (κ3) is 4.86. The van der Waals surface area contributed by atoms with Crippen LogP contribution in [-0.4, -0.2) is 38.4 Å². The predicted molar refractivity (Wildman–Crippen MR) is 70.5 cm³/mol. The van der Waals surface area contributed by atoms with Crippen molar-refractivity contribution in [2.24, 2.45) is 0 Å². The van der Waals surface area contributed by atoms with Gasteiger partial charge in [0.25, 0.3) is 5.91 Å². The molecule has 1 aliphatic rings. The highest BCUT2D eigenvalue weighted by Crippen LogP contribution is 2.13. The summed E-state index contributed by atoms with van der Waals surface area (Å²) in [5.74, 6) is -0.0312. The zero-order chi connectivity index (χ0) is 13.5. The van der Waals surface area contributed by atoms with Gasteiger partial charge >= 0.3 is 0 Å². The summed E-state index contributed by atoms with van der Waals surface area (Å²) in [5.41, 5.74) is 0. The molecule has 1 aliphatic heterocycles. The van der Waals surface area contributed by atoms with Crippen LogP contribution in [0.1, 0.15) is 29.8 Å². The number of carbonyl (C=O) groups is 1. The molecule has 0 bridgehead atoms. The number of carbonyl (C=O) groups excluding carboxylic acids is 1. The number of halogens is 1. The van der Waals surface area contributed by atoms with Crippen molar-refractivity contribution in [2.45, 2.75) is 25.4 Å². The lowest BCUT2D eigenvalue weighted by Gasteiger charge is -2.10. The summed E-state index contributed by atoms with van der Waals surface area (Å²) in [7, 11) is 0. The molecule has 1 fully saturated rings. The fraction of sp³-hybridized carbons (Fsp3) is 0.615. The lowest BCUT2D eigenvalue weighted by atomic mass is 10.2. The molecular formula is C13H18ClNO4. The zero-order valence-electron chi connectivity index (χ0n) is 10.7. The van der Waals surface area contributed by atoms with Gasteiger partial charge in [-0.25, -0.2) is 0 Å². The maximum Gasteiger partial charge on any atom is 0.287 e. The average molecular weight is 288 g/mol. The quantitative estimate of drug-likeness (QED) is 0.782. The van der Waals surface area contributed by atoms with Gasteiger partial charge in [0.15, 0.2) is 11.0 Å². The summed E-state index contributed by atoms with van der Waals surface area (Å²) in [6, 6.07) is 3.09. The van der Waals surface area contributed by atoms with Crippen LogP contribution in [0.5, 0.6) is 0 Å². The van der Waals surface area contributed by atoms with Gasteiger partial charge in [0.05, 0.1) is 12.7 Å². The Kier molecular flexibility index (Phi) is 5.69. The maximum absolute atomic E-state index is 11.6. The minimum absolute atomic E-state index is 0.213. The molecule has 5 nitrogen and oxygen atoms in total. The molecule has 1 atom stereocenters. The Morgan fingerprint density at radius 1 is 1.53 bits per heavy atom. The van der Waals surface area contributed by atoms with Crippen molar-refractivity contribution in [3.8, 4) is 0 Å². The van der Waals surface area contributed by atoms with Crippen molar-refractivity contribution >= 4 is 17.5 Å². The number of rotatable bonds is 7. The van der Waals surface area contributed by atoms with Crippen LogP contribution >= 0.6 is 11.6 Å². The number of nitrogens with one attached hydrogen (secondary N) is 1. The highest BCUT2D eigenvalue weighted by atomic mass is 35.5. The average Bonchev–Trinajstić information content (AvgIpc) is 3.04. The fourth-order valence-electron chi connectivity index (χ4n) is 1.89. The third-order valence-electron chi connectivity index (χ3n) is 2.88. The molecule has 2 rings (SSSR count). The molecule has 1 saturated heterocycles. The Hall–Kier alpha value is -1.04. The van der Waals surface area contributed by atoms with E-state index in [1.807, 2.05) is 0 Å². The van der Waals surface area contributed by atoms with Crippen LogP contribution in [0.2, 0.25) is 5.22 Å². The largest absolute Gasteiger partial charge is 0.440 e. The van der Waals surface area contributed by atoms with E-state index in [9.17, 15) is 4.79 Å². The van der Waals surface area contributed by atoms with Crippen molar-refractivity contribution in [3.63, 3.8) is 0 Å². The van der Waals surface area contributed by atoms with Crippen LogP contribution in [0.25, 0.3) is 0 Å². The van der Waals surface area contributed by atoms with E-state index in [2.05, 4.69) is 5.32 Å². The van der Waals surface area contributed by atoms with Crippen LogP contribution < -0.4 is 5.32 Å². The molecule has 6 heteroatoms. The van der Waals surface area contributed by atoms with Gasteiger partial charge in [-0.3, -0.25) is 4.79 Å². The van der Waals surface area contributed by atoms with E-state index in [1.54, 1.807) is 12.1 Å². The van der Waals surface area contributed by atoms with E-state index in [4.69, 9.17) is 25.5 Å². The minimum Gasteiger partial charge on any atom is -0.440 e. The summed E-state index contributed by atoms with van der Waals surface area (Å²) < 4.78 is 15.9. The van der Waals surface area contributed by atoms with Crippen molar-refractivity contribution < 1.29 is 18.7 Å². The predicted octanol–water partition coefficient (Wildman–Crippen LogP) is 2.25. The van der Waals surface area contributed by atoms with E-state index in [-0.39, 0.29) is 23.0 Å². The van der Waals surface area contributed by atoms with Gasteiger partial charge in [0, 0.05) is 19.8 Å². The Morgan fingerprint density at radius 3 is 3.11 bits per heavy atom. The molecule has 106 valence electrons. The lowest BCUT2D eigenvalue weighted by Crippen LogP contribution is -2.25. The van der Waals surface area contributed by atoms with Gasteiger partial charge < -0.3 is 19.2 Å². The Balaban J connectivity index is 1.50. The van der Waals surface area contributed by atoms with Gasteiger partial charge in [-0.15, -0.1) is 0 Å². The van der Waals surface area contributed by atoms with Crippen molar-refractivity contribution in [1.82, 2.24) is 5.32 Å². The number of furan rings is 1. The maximum atomic E-state index is 11.6. The first-order valence-electron chi connectivity index (χ1n) is 6.48. The van der Waals surface area contributed by atoms with E-state index < -0.39 is 0 Å². The second-order valence-corrected chi connectivity index (χ2v) is 4.80. The van der Waals surface area contributed by atoms with Crippen LogP contribution in [-0.2, 0) is 9.47 Å². The molecule has 19 heavy (non-hydrogen) atoms. The Labute approximate surface area is 117 Å². The molecule has 1 unspecified atom stereocenters. The highest BCUT2D eigenvalue weighted by Gasteiger charge is 2.15.